The molecule has 0 fully saturated rings. The van der Waals surface area contributed by atoms with E-state index in [4.69, 9.17) is 5.11 Å². The predicted octanol–water partition coefficient (Wildman–Crippen LogP) is 2.70. The van der Waals surface area contributed by atoms with Crippen molar-refractivity contribution < 1.29 is 28.0 Å². The highest BCUT2D eigenvalue weighted by Crippen LogP contribution is 2.33. The van der Waals surface area contributed by atoms with Gasteiger partial charge in [-0.1, -0.05) is 0 Å². The van der Waals surface area contributed by atoms with Gasteiger partial charge in [0.25, 0.3) is 5.69 Å². The van der Waals surface area contributed by atoms with Gasteiger partial charge in [0.1, 0.15) is 0 Å². The second kappa shape index (κ2) is 4.28. The number of halogens is 3. The molecule has 92 valence electrons. The fourth-order valence-corrected chi connectivity index (χ4v) is 1.08. The molecule has 1 aromatic rings. The fraction of sp³-hybridized carbons (Fsp3) is 0.125. The molecule has 0 aliphatic carbocycles. The largest absolute Gasteiger partial charge is 0.465 e. The molecular formula is C8H5F3N2O4. The summed E-state index contributed by atoms with van der Waals surface area (Å²) in [5.74, 6) is 0. The lowest BCUT2D eigenvalue weighted by Crippen LogP contribution is -2.11. The molecule has 0 bridgehead atoms. The summed E-state index contributed by atoms with van der Waals surface area (Å²) in [6.45, 7) is 0. The number of anilines is 1. The maximum Gasteiger partial charge on any atom is 0.416 e. The van der Waals surface area contributed by atoms with E-state index in [0.29, 0.717) is 18.2 Å². The molecule has 17 heavy (non-hydrogen) atoms. The number of hydrogen-bond acceptors (Lipinski definition) is 3. The second-order valence-corrected chi connectivity index (χ2v) is 2.95. The first-order valence-electron chi connectivity index (χ1n) is 4.07. The highest BCUT2D eigenvalue weighted by molar-refractivity contribution is 5.83. The molecule has 1 aromatic carbocycles. The van der Waals surface area contributed by atoms with E-state index in [1.165, 1.54) is 0 Å². The number of benzene rings is 1. The van der Waals surface area contributed by atoms with Crippen LogP contribution in [-0.4, -0.2) is 16.1 Å². The van der Waals surface area contributed by atoms with Crippen LogP contribution in [0.4, 0.5) is 29.3 Å². The van der Waals surface area contributed by atoms with Crippen LogP contribution < -0.4 is 5.32 Å². The number of carbonyl (C=O) groups is 1. The first kappa shape index (κ1) is 12.7. The van der Waals surface area contributed by atoms with E-state index < -0.39 is 34.1 Å². The minimum absolute atomic E-state index is 0.326. The molecule has 6 nitrogen and oxygen atoms in total. The molecular weight excluding hydrogens is 245 g/mol. The number of rotatable bonds is 2. The number of amides is 1. The maximum absolute atomic E-state index is 12.4. The van der Waals surface area contributed by atoms with Gasteiger partial charge in [0.2, 0.25) is 0 Å². The molecule has 0 unspecified atom stereocenters. The Kier molecular flexibility index (Phi) is 3.21. The Morgan fingerprint density at radius 2 is 1.94 bits per heavy atom. The minimum Gasteiger partial charge on any atom is -0.465 e. The Bertz CT molecular complexity index is 472. The van der Waals surface area contributed by atoms with Crippen LogP contribution >= 0.6 is 0 Å². The maximum atomic E-state index is 12.4. The van der Waals surface area contributed by atoms with Crippen LogP contribution in [0, 0.1) is 10.1 Å². The quantitative estimate of drug-likeness (QED) is 0.623. The van der Waals surface area contributed by atoms with E-state index in [-0.39, 0.29) is 0 Å². The van der Waals surface area contributed by atoms with E-state index >= 15 is 0 Å². The Balaban J connectivity index is 3.28. The molecule has 0 saturated heterocycles. The molecule has 1 rings (SSSR count). The number of alkyl halides is 3. The number of nitrogens with zero attached hydrogens (tertiary/aromatic N) is 1. The van der Waals surface area contributed by atoms with Crippen LogP contribution in [0.25, 0.3) is 0 Å². The van der Waals surface area contributed by atoms with Gasteiger partial charge in [-0.2, -0.15) is 13.2 Å². The predicted molar refractivity (Wildman–Crippen MR) is 49.7 cm³/mol. The summed E-state index contributed by atoms with van der Waals surface area (Å²) in [6, 6.07) is 1.50. The molecule has 9 heteroatoms. The van der Waals surface area contributed by atoms with Gasteiger partial charge in [-0.15, -0.1) is 0 Å². The third-order valence-corrected chi connectivity index (χ3v) is 1.71. The monoisotopic (exact) mass is 250 g/mol. The zero-order valence-electron chi connectivity index (χ0n) is 7.99. The molecule has 0 spiro atoms. The third-order valence-electron chi connectivity index (χ3n) is 1.71. The first-order valence-corrected chi connectivity index (χ1v) is 4.07. The number of nitrogens with one attached hydrogen (secondary N) is 1. The van der Waals surface area contributed by atoms with Gasteiger partial charge in [-0.25, -0.2) is 4.79 Å². The van der Waals surface area contributed by atoms with Crippen molar-refractivity contribution in [3.05, 3.63) is 33.9 Å². The zero-order chi connectivity index (χ0) is 13.2. The van der Waals surface area contributed by atoms with Crippen molar-refractivity contribution in [2.24, 2.45) is 0 Å². The summed E-state index contributed by atoms with van der Waals surface area (Å²) >= 11 is 0. The second-order valence-electron chi connectivity index (χ2n) is 2.95. The fourth-order valence-electron chi connectivity index (χ4n) is 1.08. The average Bonchev–Trinajstić information content (AvgIpc) is 2.14. The lowest BCUT2D eigenvalue weighted by molar-refractivity contribution is -0.385. The summed E-state index contributed by atoms with van der Waals surface area (Å²) in [5.41, 5.74) is -2.65. The SMILES string of the molecule is O=C(O)Nc1cc([N+](=O)[O-])cc(C(F)(F)F)c1. The normalized spacial score (nSPS) is 11.0. The van der Waals surface area contributed by atoms with E-state index in [0.717, 1.165) is 0 Å². The lowest BCUT2D eigenvalue weighted by atomic mass is 10.1. The Morgan fingerprint density at radius 1 is 1.35 bits per heavy atom. The molecule has 0 radical (unpaired) electrons. The summed E-state index contributed by atoms with van der Waals surface area (Å²) < 4.78 is 37.1. The third kappa shape index (κ3) is 3.33. The van der Waals surface area contributed by atoms with Crippen LogP contribution in [0.3, 0.4) is 0 Å². The van der Waals surface area contributed by atoms with Gasteiger partial charge in [0.05, 0.1) is 16.2 Å². The molecule has 0 saturated carbocycles. The first-order chi connectivity index (χ1) is 7.70. The van der Waals surface area contributed by atoms with Gasteiger partial charge in [-0.3, -0.25) is 15.4 Å². The van der Waals surface area contributed by atoms with Crippen molar-refractivity contribution >= 4 is 17.5 Å². The number of nitro groups is 1. The number of non-ortho nitro benzene ring substituents is 1. The Morgan fingerprint density at radius 3 is 2.35 bits per heavy atom. The van der Waals surface area contributed by atoms with Crippen LogP contribution in [0.1, 0.15) is 5.56 Å². The number of hydrogen-bond donors (Lipinski definition) is 2. The van der Waals surface area contributed by atoms with Gasteiger partial charge in [-0.05, 0) is 6.07 Å². The molecule has 0 aliphatic heterocycles. The van der Waals surface area contributed by atoms with E-state index in [1.807, 2.05) is 0 Å². The number of nitro benzene ring substituents is 1. The Labute approximate surface area is 91.8 Å². The van der Waals surface area contributed by atoms with Crippen LogP contribution in [0.2, 0.25) is 0 Å². The van der Waals surface area contributed by atoms with Crippen molar-refractivity contribution in [2.45, 2.75) is 6.18 Å². The lowest BCUT2D eigenvalue weighted by Gasteiger charge is -2.08. The molecule has 1 amide bonds. The van der Waals surface area contributed by atoms with Crippen molar-refractivity contribution in [3.63, 3.8) is 0 Å². The summed E-state index contributed by atoms with van der Waals surface area (Å²) in [6.07, 6.45) is -6.40. The summed E-state index contributed by atoms with van der Waals surface area (Å²) in [4.78, 5) is 19.6. The molecule has 0 heterocycles. The minimum atomic E-state index is -4.79. The number of carboxylic acid groups (broad SMARTS) is 1. The smallest absolute Gasteiger partial charge is 0.416 e. The topological polar surface area (TPSA) is 92.5 Å². The van der Waals surface area contributed by atoms with E-state index in [9.17, 15) is 28.1 Å². The van der Waals surface area contributed by atoms with Gasteiger partial charge < -0.3 is 5.11 Å². The molecule has 0 aliphatic rings. The molecule has 0 atom stereocenters. The van der Waals surface area contributed by atoms with Crippen molar-refractivity contribution in [3.8, 4) is 0 Å². The summed E-state index contributed by atoms with van der Waals surface area (Å²) in [7, 11) is 0. The summed E-state index contributed by atoms with van der Waals surface area (Å²) in [5, 5.41) is 20.3. The molecule has 0 aromatic heterocycles. The van der Waals surface area contributed by atoms with Crippen molar-refractivity contribution in [2.75, 3.05) is 5.32 Å². The highest BCUT2D eigenvalue weighted by atomic mass is 19.4. The Hall–Kier alpha value is -2.32. The zero-order valence-corrected chi connectivity index (χ0v) is 7.99. The average molecular weight is 250 g/mol. The molecule has 2 N–H and O–H groups in total. The van der Waals surface area contributed by atoms with Gasteiger partial charge >= 0.3 is 12.3 Å². The van der Waals surface area contributed by atoms with Gasteiger partial charge in [0.15, 0.2) is 0 Å². The van der Waals surface area contributed by atoms with E-state index in [2.05, 4.69) is 0 Å². The van der Waals surface area contributed by atoms with Crippen LogP contribution in [0.5, 0.6) is 0 Å². The standard InChI is InChI=1S/C8H5F3N2O4/c9-8(10,11)4-1-5(12-7(14)15)3-6(2-4)13(16)17/h1-3,12H,(H,14,15). The van der Waals surface area contributed by atoms with Gasteiger partial charge in [0, 0.05) is 12.1 Å². The van der Waals surface area contributed by atoms with Crippen molar-refractivity contribution in [1.82, 2.24) is 0 Å². The van der Waals surface area contributed by atoms with Crippen LogP contribution in [-0.2, 0) is 6.18 Å². The van der Waals surface area contributed by atoms with Crippen molar-refractivity contribution in [1.29, 1.82) is 0 Å². The van der Waals surface area contributed by atoms with E-state index in [1.54, 1.807) is 5.32 Å². The van der Waals surface area contributed by atoms with Crippen LogP contribution in [0.15, 0.2) is 18.2 Å². The highest BCUT2D eigenvalue weighted by Gasteiger charge is 2.32.